The quantitative estimate of drug-likeness (QED) is 0.171. The van der Waals surface area contributed by atoms with E-state index in [-0.39, 0.29) is 12.5 Å². The summed E-state index contributed by atoms with van der Waals surface area (Å²) in [6, 6.07) is 13.4. The lowest BCUT2D eigenvalue weighted by Crippen LogP contribution is -2.55. The van der Waals surface area contributed by atoms with Crippen molar-refractivity contribution in [2.75, 3.05) is 26.8 Å². The molecule has 0 saturated heterocycles. The zero-order valence-corrected chi connectivity index (χ0v) is 26.3. The summed E-state index contributed by atoms with van der Waals surface area (Å²) in [7, 11) is 1.57. The summed E-state index contributed by atoms with van der Waals surface area (Å²) in [5.74, 6) is -0.692. The van der Waals surface area contributed by atoms with Gasteiger partial charge in [-0.15, -0.1) is 11.3 Å². The Bertz CT molecular complexity index is 1310. The fourth-order valence-electron chi connectivity index (χ4n) is 4.41. The van der Waals surface area contributed by atoms with Gasteiger partial charge in [0.05, 0.1) is 12.6 Å². The molecule has 12 heteroatoms. The molecule has 10 nitrogen and oxygen atoms in total. The first kappa shape index (κ1) is 33.3. The molecule has 3 N–H and O–H groups in total. The highest BCUT2D eigenvalue weighted by Crippen LogP contribution is 2.28. The fraction of sp³-hybridized carbons (Fsp3) is 0.433. The fourth-order valence-corrected chi connectivity index (χ4v) is 5.49. The van der Waals surface area contributed by atoms with Crippen LogP contribution < -0.4 is 16.1 Å². The highest BCUT2D eigenvalue weighted by Gasteiger charge is 2.32. The third-order valence-electron chi connectivity index (χ3n) is 6.52. The minimum absolute atomic E-state index is 0.156. The second-order valence-corrected chi connectivity index (χ2v) is 11.2. The van der Waals surface area contributed by atoms with Crippen molar-refractivity contribution in [1.29, 1.82) is 0 Å². The van der Waals surface area contributed by atoms with E-state index < -0.39 is 30.3 Å². The minimum Gasteiger partial charge on any atom is -0.351 e. The molecule has 1 aromatic heterocycles. The maximum absolute atomic E-state index is 13.8. The van der Waals surface area contributed by atoms with Gasteiger partial charge in [-0.05, 0) is 67.8 Å². The van der Waals surface area contributed by atoms with Crippen molar-refractivity contribution in [3.63, 3.8) is 0 Å². The third-order valence-corrected chi connectivity index (χ3v) is 7.78. The van der Waals surface area contributed by atoms with Crippen LogP contribution in [0.1, 0.15) is 38.8 Å². The van der Waals surface area contributed by atoms with Crippen molar-refractivity contribution in [1.82, 2.24) is 26.0 Å². The summed E-state index contributed by atoms with van der Waals surface area (Å²) in [6.45, 7) is 8.62. The molecule has 2 aromatic carbocycles. The Morgan fingerprint density at radius 3 is 2.33 bits per heavy atom. The van der Waals surface area contributed by atoms with Gasteiger partial charge in [-0.3, -0.25) is 15.0 Å². The molecule has 4 amide bonds. The number of halogens is 1. The number of hydrazine groups is 1. The number of amides is 4. The number of urea groups is 1. The summed E-state index contributed by atoms with van der Waals surface area (Å²) in [6.07, 6.45) is -0.626. The van der Waals surface area contributed by atoms with Gasteiger partial charge in [0, 0.05) is 43.1 Å². The molecule has 0 bridgehead atoms. The van der Waals surface area contributed by atoms with Crippen LogP contribution in [0.3, 0.4) is 0 Å². The number of carbonyl (C=O) groups excluding carboxylic acids is 3. The summed E-state index contributed by atoms with van der Waals surface area (Å²) >= 11 is 7.51. The Morgan fingerprint density at radius 1 is 1.00 bits per heavy atom. The number of carbonyl (C=O) groups is 3. The Balaban J connectivity index is 1.62. The third kappa shape index (κ3) is 9.67. The van der Waals surface area contributed by atoms with Crippen molar-refractivity contribution in [2.24, 2.45) is 0 Å². The lowest BCUT2D eigenvalue weighted by Gasteiger charge is -2.36. The number of benzene rings is 2. The number of fused-ring (bicyclic) bond motifs is 1. The zero-order chi connectivity index (χ0) is 30.6. The van der Waals surface area contributed by atoms with Crippen LogP contribution in [0.15, 0.2) is 53.9 Å². The van der Waals surface area contributed by atoms with Crippen molar-refractivity contribution in [2.45, 2.75) is 59.2 Å². The van der Waals surface area contributed by atoms with Crippen molar-refractivity contribution in [3.8, 4) is 0 Å². The lowest BCUT2D eigenvalue weighted by molar-refractivity contribution is -0.179. The van der Waals surface area contributed by atoms with Gasteiger partial charge in [-0.1, -0.05) is 41.9 Å². The summed E-state index contributed by atoms with van der Waals surface area (Å²) in [5, 5.41) is 10.6. The van der Waals surface area contributed by atoms with E-state index in [9.17, 15) is 14.4 Å². The molecule has 3 aromatic rings. The topological polar surface area (TPSA) is 112 Å². The molecule has 0 aliphatic rings. The molecule has 228 valence electrons. The normalized spacial score (nSPS) is 12.8. The Labute approximate surface area is 256 Å². The van der Waals surface area contributed by atoms with E-state index >= 15 is 0 Å². The molecule has 0 spiro atoms. The van der Waals surface area contributed by atoms with E-state index in [1.807, 2.05) is 57.2 Å². The maximum Gasteiger partial charge on any atom is 0.329 e. The van der Waals surface area contributed by atoms with Crippen molar-refractivity contribution < 1.29 is 23.9 Å². The molecule has 0 radical (unpaired) electrons. The van der Waals surface area contributed by atoms with Gasteiger partial charge in [0.2, 0.25) is 11.8 Å². The van der Waals surface area contributed by atoms with E-state index in [4.69, 9.17) is 21.1 Å². The van der Waals surface area contributed by atoms with Crippen LogP contribution in [-0.2, 0) is 32.2 Å². The van der Waals surface area contributed by atoms with Crippen LogP contribution in [0, 0.1) is 0 Å². The Morgan fingerprint density at radius 2 is 1.67 bits per heavy atom. The number of likely N-dealkylation sites (N-methyl/N-ethyl adjacent to an activating group) is 1. The summed E-state index contributed by atoms with van der Waals surface area (Å²) in [4.78, 5) is 40.6. The Kier molecular flexibility index (Phi) is 13.0. The average Bonchev–Trinajstić information content (AvgIpc) is 3.37. The van der Waals surface area contributed by atoms with Crippen LogP contribution in [0.5, 0.6) is 0 Å². The second kappa shape index (κ2) is 16.4. The largest absolute Gasteiger partial charge is 0.351 e. The van der Waals surface area contributed by atoms with E-state index in [1.54, 1.807) is 42.3 Å². The minimum atomic E-state index is -0.833. The van der Waals surface area contributed by atoms with Crippen molar-refractivity contribution >= 4 is 50.9 Å². The number of hydrogen-bond donors (Lipinski definition) is 3. The number of rotatable bonds is 15. The van der Waals surface area contributed by atoms with Crippen molar-refractivity contribution in [3.05, 3.63) is 70.1 Å². The number of nitrogens with one attached hydrogen (secondary N) is 3. The van der Waals surface area contributed by atoms with Gasteiger partial charge in [0.25, 0.3) is 0 Å². The Hall–Kier alpha value is -3.22. The van der Waals surface area contributed by atoms with E-state index in [2.05, 4.69) is 21.4 Å². The van der Waals surface area contributed by atoms with Gasteiger partial charge in [-0.2, -0.15) is 0 Å². The molecule has 0 aliphatic heterocycles. The standard InChI is InChI=1S/C30H40ClN5O5S/c1-6-40-29(41-7-2)21(4)36(17-23-19-42-26-11-9-8-10-25(23)26)28(38)20(3)33-27(37)18-35(5)34-30(39)32-16-22-12-14-24(31)15-13-22/h8-15,19-21,29H,6-7,16-18H2,1-5H3,(H,33,37)(H2,32,34,39). The van der Waals surface area contributed by atoms with Crippen LogP contribution in [0.4, 0.5) is 4.79 Å². The number of ether oxygens (including phenoxy) is 2. The first-order valence-corrected chi connectivity index (χ1v) is 15.2. The number of nitrogens with zero attached hydrogens (tertiary/aromatic N) is 2. The zero-order valence-electron chi connectivity index (χ0n) is 24.7. The first-order chi connectivity index (χ1) is 20.1. The second-order valence-electron chi connectivity index (χ2n) is 9.81. The first-order valence-electron chi connectivity index (χ1n) is 13.9. The van der Waals surface area contributed by atoms with Crippen LogP contribution >= 0.6 is 22.9 Å². The molecule has 2 unspecified atom stereocenters. The smallest absolute Gasteiger partial charge is 0.329 e. The average molecular weight is 618 g/mol. The van der Waals surface area contributed by atoms with Crippen LogP contribution in [0.2, 0.25) is 5.02 Å². The highest BCUT2D eigenvalue weighted by atomic mass is 35.5. The number of hydrogen-bond acceptors (Lipinski definition) is 7. The van der Waals surface area contributed by atoms with Gasteiger partial charge >= 0.3 is 6.03 Å². The van der Waals surface area contributed by atoms with Gasteiger partial charge in [-0.25, -0.2) is 9.80 Å². The lowest BCUT2D eigenvalue weighted by atomic mass is 10.1. The van der Waals surface area contributed by atoms with Crippen LogP contribution in [0.25, 0.3) is 10.1 Å². The molecule has 2 atom stereocenters. The van der Waals surface area contributed by atoms with Gasteiger partial charge < -0.3 is 25.0 Å². The monoisotopic (exact) mass is 617 g/mol. The van der Waals surface area contributed by atoms with E-state index in [1.165, 1.54) is 5.01 Å². The molecule has 3 rings (SSSR count). The maximum atomic E-state index is 13.8. The molecule has 0 fully saturated rings. The molecular formula is C30H40ClN5O5S. The SMILES string of the molecule is CCOC(OCC)C(C)N(Cc1csc2ccccc12)C(=O)C(C)NC(=O)CN(C)NC(=O)NCc1ccc(Cl)cc1. The molecule has 0 aliphatic carbocycles. The molecule has 42 heavy (non-hydrogen) atoms. The van der Waals surface area contributed by atoms with Gasteiger partial charge in [0.1, 0.15) is 6.04 Å². The summed E-state index contributed by atoms with van der Waals surface area (Å²) in [5.41, 5.74) is 4.49. The van der Waals surface area contributed by atoms with Gasteiger partial charge in [0.15, 0.2) is 6.29 Å². The number of thiophene rings is 1. The predicted molar refractivity (Wildman–Crippen MR) is 166 cm³/mol. The molecule has 0 saturated carbocycles. The molecular weight excluding hydrogens is 578 g/mol. The van der Waals surface area contributed by atoms with E-state index in [0.29, 0.717) is 31.3 Å². The van der Waals surface area contributed by atoms with Crippen LogP contribution in [-0.4, -0.2) is 72.9 Å². The predicted octanol–water partition coefficient (Wildman–Crippen LogP) is 4.52. The summed E-state index contributed by atoms with van der Waals surface area (Å²) < 4.78 is 12.8. The molecule has 1 heterocycles. The van der Waals surface area contributed by atoms with E-state index in [0.717, 1.165) is 21.2 Å². The highest BCUT2D eigenvalue weighted by molar-refractivity contribution is 7.17.